The molecule has 6 nitrogen and oxygen atoms in total. The number of hydrogen-bond acceptors (Lipinski definition) is 5. The Morgan fingerprint density at radius 3 is 2.62 bits per heavy atom. The average molecular weight is 440 g/mol. The van der Waals surface area contributed by atoms with Gasteiger partial charge in [-0.1, -0.05) is 29.3 Å². The van der Waals surface area contributed by atoms with E-state index in [1.165, 1.54) is 6.20 Å². The van der Waals surface area contributed by atoms with Crippen molar-refractivity contribution in [2.45, 2.75) is 58.3 Å². The molecule has 0 saturated heterocycles. The van der Waals surface area contributed by atoms with E-state index in [0.29, 0.717) is 27.6 Å². The first-order chi connectivity index (χ1) is 13.6. The van der Waals surface area contributed by atoms with Crippen molar-refractivity contribution < 1.29 is 14.6 Å². The quantitative estimate of drug-likeness (QED) is 0.529. The molecule has 2 aromatic rings. The number of carbonyl (C=O) groups excluding carboxylic acids is 1. The Kier molecular flexibility index (Phi) is 8.14. The predicted octanol–water partition coefficient (Wildman–Crippen LogP) is 4.61. The molecule has 8 heteroatoms. The standard InChI is InChI=1S/C21H27Cl2N3O3/c1-13(6-5-9-21(2,3)28)26-20(27)14-10-18(19(24)25-11-14)29-12-15-16(22)7-4-8-17(15)23/h4,7-8,10-11,13,28H,5-6,9,12H2,1-3H3,(H2,24,25)(H,26,27). The number of aromatic nitrogens is 1. The minimum atomic E-state index is -0.707. The molecule has 0 spiro atoms. The molecule has 1 unspecified atom stereocenters. The molecule has 29 heavy (non-hydrogen) atoms. The van der Waals surface area contributed by atoms with Crippen LogP contribution in [-0.4, -0.2) is 27.6 Å². The summed E-state index contributed by atoms with van der Waals surface area (Å²) in [7, 11) is 0. The highest BCUT2D eigenvalue weighted by atomic mass is 35.5. The van der Waals surface area contributed by atoms with Gasteiger partial charge in [0.1, 0.15) is 6.61 Å². The number of nitrogens with one attached hydrogen (secondary N) is 1. The van der Waals surface area contributed by atoms with Gasteiger partial charge in [-0.2, -0.15) is 0 Å². The number of anilines is 1. The lowest BCUT2D eigenvalue weighted by Crippen LogP contribution is -2.33. The third-order valence-electron chi connectivity index (χ3n) is 4.38. The number of benzene rings is 1. The Morgan fingerprint density at radius 2 is 2.00 bits per heavy atom. The van der Waals surface area contributed by atoms with Gasteiger partial charge in [-0.05, 0) is 58.2 Å². The Labute approximate surface area is 181 Å². The Morgan fingerprint density at radius 1 is 1.34 bits per heavy atom. The van der Waals surface area contributed by atoms with Crippen LogP contribution in [0, 0.1) is 0 Å². The molecule has 2 rings (SSSR count). The summed E-state index contributed by atoms with van der Waals surface area (Å²) in [6, 6.07) is 6.69. The summed E-state index contributed by atoms with van der Waals surface area (Å²) in [5.74, 6) is 0.181. The van der Waals surface area contributed by atoms with Crippen molar-refractivity contribution in [1.29, 1.82) is 0 Å². The third-order valence-corrected chi connectivity index (χ3v) is 5.09. The van der Waals surface area contributed by atoms with Gasteiger partial charge in [0.15, 0.2) is 11.6 Å². The number of nitrogens with two attached hydrogens (primary N) is 1. The van der Waals surface area contributed by atoms with Gasteiger partial charge in [0, 0.05) is 27.8 Å². The van der Waals surface area contributed by atoms with Crippen LogP contribution in [0.2, 0.25) is 10.0 Å². The zero-order chi connectivity index (χ0) is 21.6. The van der Waals surface area contributed by atoms with Crippen molar-refractivity contribution in [1.82, 2.24) is 10.3 Å². The van der Waals surface area contributed by atoms with Crippen LogP contribution in [0.3, 0.4) is 0 Å². The number of halogens is 2. The Bertz CT molecular complexity index is 833. The molecule has 0 saturated carbocycles. The summed E-state index contributed by atoms with van der Waals surface area (Å²) >= 11 is 12.3. The van der Waals surface area contributed by atoms with Crippen LogP contribution < -0.4 is 15.8 Å². The van der Waals surface area contributed by atoms with Gasteiger partial charge >= 0.3 is 0 Å². The first-order valence-corrected chi connectivity index (χ1v) is 10.2. The van der Waals surface area contributed by atoms with E-state index >= 15 is 0 Å². The average Bonchev–Trinajstić information content (AvgIpc) is 2.61. The molecule has 0 aliphatic carbocycles. The fourth-order valence-corrected chi connectivity index (χ4v) is 3.24. The molecule has 4 N–H and O–H groups in total. The fourth-order valence-electron chi connectivity index (χ4n) is 2.74. The topological polar surface area (TPSA) is 97.5 Å². The van der Waals surface area contributed by atoms with E-state index in [0.717, 1.165) is 12.8 Å². The number of rotatable bonds is 9. The third kappa shape index (κ3) is 7.38. The lowest BCUT2D eigenvalue weighted by Gasteiger charge is -2.19. The molecule has 158 valence electrons. The maximum absolute atomic E-state index is 12.5. The van der Waals surface area contributed by atoms with Gasteiger partial charge in [0.05, 0.1) is 11.2 Å². The molecule has 0 radical (unpaired) electrons. The van der Waals surface area contributed by atoms with Gasteiger partial charge in [0.25, 0.3) is 5.91 Å². The highest BCUT2D eigenvalue weighted by molar-refractivity contribution is 6.35. The second kappa shape index (κ2) is 10.1. The summed E-state index contributed by atoms with van der Waals surface area (Å²) in [6.45, 7) is 5.56. The maximum atomic E-state index is 12.5. The van der Waals surface area contributed by atoms with Crippen LogP contribution in [0.4, 0.5) is 5.82 Å². The van der Waals surface area contributed by atoms with E-state index in [1.54, 1.807) is 38.1 Å². The van der Waals surface area contributed by atoms with E-state index in [-0.39, 0.29) is 30.1 Å². The molecule has 1 heterocycles. The van der Waals surface area contributed by atoms with E-state index in [4.69, 9.17) is 33.7 Å². The molecular weight excluding hydrogens is 413 g/mol. The van der Waals surface area contributed by atoms with Gasteiger partial charge in [-0.25, -0.2) is 4.98 Å². The lowest BCUT2D eigenvalue weighted by atomic mass is 10.00. The molecule has 0 fully saturated rings. The van der Waals surface area contributed by atoms with Crippen molar-refractivity contribution in [3.05, 3.63) is 51.6 Å². The number of carbonyl (C=O) groups is 1. The molecular formula is C21H27Cl2N3O3. The van der Waals surface area contributed by atoms with Crippen LogP contribution in [0.25, 0.3) is 0 Å². The van der Waals surface area contributed by atoms with E-state index < -0.39 is 5.60 Å². The monoisotopic (exact) mass is 439 g/mol. The Hall–Kier alpha value is -2.02. The zero-order valence-corrected chi connectivity index (χ0v) is 18.3. The summed E-state index contributed by atoms with van der Waals surface area (Å²) in [6.07, 6.45) is 3.63. The number of nitrogen functional groups attached to an aromatic ring is 1. The van der Waals surface area contributed by atoms with Crippen LogP contribution in [0.5, 0.6) is 5.75 Å². The largest absolute Gasteiger partial charge is 0.485 e. The molecule has 0 aliphatic rings. The van der Waals surface area contributed by atoms with Crippen LogP contribution in [0.15, 0.2) is 30.5 Å². The number of pyridine rings is 1. The highest BCUT2D eigenvalue weighted by Crippen LogP contribution is 2.27. The molecule has 1 aromatic carbocycles. The van der Waals surface area contributed by atoms with E-state index in [2.05, 4.69) is 10.3 Å². The van der Waals surface area contributed by atoms with Crippen LogP contribution in [-0.2, 0) is 6.61 Å². The molecule has 0 bridgehead atoms. The SMILES string of the molecule is CC(CCCC(C)(C)O)NC(=O)c1cnc(N)c(OCc2c(Cl)cccc2Cl)c1. The summed E-state index contributed by atoms with van der Waals surface area (Å²) in [4.78, 5) is 16.6. The van der Waals surface area contributed by atoms with Crippen molar-refractivity contribution in [3.8, 4) is 5.75 Å². The minimum absolute atomic E-state index is 0.0475. The van der Waals surface area contributed by atoms with Crippen molar-refractivity contribution >= 4 is 34.9 Å². The van der Waals surface area contributed by atoms with Crippen LogP contribution in [0.1, 0.15) is 56.0 Å². The number of aliphatic hydroxyl groups is 1. The normalized spacial score (nSPS) is 12.5. The van der Waals surface area contributed by atoms with E-state index in [1.807, 2.05) is 6.92 Å². The van der Waals surface area contributed by atoms with Gasteiger partial charge < -0.3 is 20.9 Å². The van der Waals surface area contributed by atoms with Crippen molar-refractivity contribution in [2.24, 2.45) is 0 Å². The summed E-state index contributed by atoms with van der Waals surface area (Å²) in [5, 5.41) is 13.7. The summed E-state index contributed by atoms with van der Waals surface area (Å²) < 4.78 is 5.72. The van der Waals surface area contributed by atoms with Gasteiger partial charge in [0.2, 0.25) is 0 Å². The van der Waals surface area contributed by atoms with Crippen LogP contribution >= 0.6 is 23.2 Å². The second-order valence-electron chi connectivity index (χ2n) is 7.68. The predicted molar refractivity (Wildman–Crippen MR) is 117 cm³/mol. The number of hydrogen-bond donors (Lipinski definition) is 3. The number of amides is 1. The first kappa shape index (κ1) is 23.3. The molecule has 1 aromatic heterocycles. The summed E-state index contributed by atoms with van der Waals surface area (Å²) in [5.41, 5.74) is 6.14. The fraction of sp³-hybridized carbons (Fsp3) is 0.429. The second-order valence-corrected chi connectivity index (χ2v) is 8.49. The minimum Gasteiger partial charge on any atom is -0.485 e. The highest BCUT2D eigenvalue weighted by Gasteiger charge is 2.16. The molecule has 0 aliphatic heterocycles. The zero-order valence-electron chi connectivity index (χ0n) is 16.8. The number of nitrogens with zero attached hydrogens (tertiary/aromatic N) is 1. The van der Waals surface area contributed by atoms with Gasteiger partial charge in [-0.15, -0.1) is 0 Å². The molecule has 1 atom stereocenters. The van der Waals surface area contributed by atoms with Gasteiger partial charge in [-0.3, -0.25) is 4.79 Å². The first-order valence-electron chi connectivity index (χ1n) is 9.41. The smallest absolute Gasteiger partial charge is 0.253 e. The maximum Gasteiger partial charge on any atom is 0.253 e. The number of ether oxygens (including phenoxy) is 1. The van der Waals surface area contributed by atoms with Crippen molar-refractivity contribution in [3.63, 3.8) is 0 Å². The molecule has 1 amide bonds. The lowest BCUT2D eigenvalue weighted by molar-refractivity contribution is 0.0674. The van der Waals surface area contributed by atoms with Crippen molar-refractivity contribution in [2.75, 3.05) is 5.73 Å². The van der Waals surface area contributed by atoms with E-state index in [9.17, 15) is 9.90 Å². The Balaban J connectivity index is 1.99.